The molecule has 248 valence electrons. The third-order valence-corrected chi connectivity index (χ3v) is 10.1. The first kappa shape index (κ1) is 30.7. The van der Waals surface area contributed by atoms with Crippen LogP contribution >= 0.6 is 0 Å². The Balaban J connectivity index is 1.16. The number of hydrogen-bond donors (Lipinski definition) is 0. The quantitative estimate of drug-likeness (QED) is 0.176. The van der Waals surface area contributed by atoms with Crippen LogP contribution in [0.2, 0.25) is 0 Å². The molecule has 0 radical (unpaired) electrons. The lowest BCUT2D eigenvalue weighted by atomic mass is 9.93. The van der Waals surface area contributed by atoms with Crippen molar-refractivity contribution in [2.45, 2.75) is 0 Å². The summed E-state index contributed by atoms with van der Waals surface area (Å²) in [6.07, 6.45) is 0. The molecule has 53 heavy (non-hydrogen) atoms. The lowest BCUT2D eigenvalue weighted by Gasteiger charge is -2.14. The zero-order chi connectivity index (χ0) is 35.1. The largest absolute Gasteiger partial charge is 0.456 e. The molecule has 0 fully saturated rings. The highest BCUT2D eigenvalue weighted by molar-refractivity contribution is 6.06. The molecule has 0 aliphatic heterocycles. The van der Waals surface area contributed by atoms with E-state index in [0.29, 0.717) is 5.82 Å². The molecule has 0 aliphatic rings. The minimum Gasteiger partial charge on any atom is -0.456 e. The molecule has 3 nitrogen and oxygen atoms in total. The summed E-state index contributed by atoms with van der Waals surface area (Å²) in [6, 6.07) is 68.2. The van der Waals surface area contributed by atoms with Gasteiger partial charge in [-0.25, -0.2) is 9.97 Å². The van der Waals surface area contributed by atoms with Gasteiger partial charge in [-0.05, 0) is 92.7 Å². The van der Waals surface area contributed by atoms with Crippen molar-refractivity contribution in [2.75, 3.05) is 0 Å². The second-order valence-corrected chi connectivity index (χ2v) is 13.4. The second-order valence-electron chi connectivity index (χ2n) is 13.4. The van der Waals surface area contributed by atoms with E-state index in [9.17, 15) is 0 Å². The van der Waals surface area contributed by atoms with Gasteiger partial charge >= 0.3 is 0 Å². The van der Waals surface area contributed by atoms with Crippen LogP contribution in [-0.4, -0.2) is 9.97 Å². The molecule has 0 bridgehead atoms. The molecule has 0 spiro atoms. The standard InChI is InChI=1S/C50H32N2O/c1-3-11-33(12-4-1)36-19-22-37(23-20-36)50-51-46(40-24-21-35-15-7-8-16-38(35)27-40)32-47(52-50)43-29-41(34-13-5-2-6-14-34)28-42(30-43)39-25-26-49-45(31-39)44-17-9-10-18-48(44)53-49/h1-32H. The molecule has 2 aromatic heterocycles. The van der Waals surface area contributed by atoms with E-state index < -0.39 is 0 Å². The van der Waals surface area contributed by atoms with Gasteiger partial charge < -0.3 is 4.42 Å². The van der Waals surface area contributed by atoms with Gasteiger partial charge in [0.2, 0.25) is 0 Å². The third-order valence-electron chi connectivity index (χ3n) is 10.1. The van der Waals surface area contributed by atoms with E-state index in [4.69, 9.17) is 14.4 Å². The maximum atomic E-state index is 6.18. The second kappa shape index (κ2) is 12.9. The van der Waals surface area contributed by atoms with Crippen molar-refractivity contribution in [2.24, 2.45) is 0 Å². The van der Waals surface area contributed by atoms with E-state index in [2.05, 4.69) is 176 Å². The fraction of sp³-hybridized carbons (Fsp3) is 0. The van der Waals surface area contributed by atoms with Crippen molar-refractivity contribution < 1.29 is 4.42 Å². The lowest BCUT2D eigenvalue weighted by Crippen LogP contribution is -1.97. The molecule has 8 aromatic carbocycles. The van der Waals surface area contributed by atoms with E-state index in [-0.39, 0.29) is 0 Å². The first-order chi connectivity index (χ1) is 26.2. The number of furan rings is 1. The van der Waals surface area contributed by atoms with Gasteiger partial charge in [-0.15, -0.1) is 0 Å². The summed E-state index contributed by atoms with van der Waals surface area (Å²) in [4.78, 5) is 10.5. The molecule has 0 amide bonds. The van der Waals surface area contributed by atoms with Gasteiger partial charge in [-0.1, -0.05) is 146 Å². The molecular weight excluding hydrogens is 645 g/mol. The van der Waals surface area contributed by atoms with Crippen LogP contribution in [-0.2, 0) is 0 Å². The van der Waals surface area contributed by atoms with Crippen LogP contribution in [0.1, 0.15) is 0 Å². The van der Waals surface area contributed by atoms with Gasteiger partial charge in [-0.2, -0.15) is 0 Å². The number of nitrogens with zero attached hydrogens (tertiary/aromatic N) is 2. The minimum atomic E-state index is 0.684. The number of fused-ring (bicyclic) bond motifs is 4. The fourth-order valence-electron chi connectivity index (χ4n) is 7.31. The van der Waals surface area contributed by atoms with Gasteiger partial charge in [0.05, 0.1) is 11.4 Å². The molecule has 0 N–H and O–H groups in total. The van der Waals surface area contributed by atoms with Crippen LogP contribution in [0.4, 0.5) is 0 Å². The van der Waals surface area contributed by atoms with Gasteiger partial charge in [0.15, 0.2) is 5.82 Å². The fourth-order valence-corrected chi connectivity index (χ4v) is 7.31. The monoisotopic (exact) mass is 676 g/mol. The van der Waals surface area contributed by atoms with Gasteiger partial charge in [0.1, 0.15) is 11.2 Å². The molecular formula is C50H32N2O. The summed E-state index contributed by atoms with van der Waals surface area (Å²) in [7, 11) is 0. The Morgan fingerprint density at radius 2 is 0.811 bits per heavy atom. The summed E-state index contributed by atoms with van der Waals surface area (Å²) < 4.78 is 6.18. The average molecular weight is 677 g/mol. The predicted octanol–water partition coefficient (Wildman–Crippen LogP) is 13.5. The van der Waals surface area contributed by atoms with Crippen LogP contribution in [0.3, 0.4) is 0 Å². The van der Waals surface area contributed by atoms with Crippen molar-refractivity contribution in [1.82, 2.24) is 9.97 Å². The zero-order valence-electron chi connectivity index (χ0n) is 28.8. The molecule has 0 saturated carbocycles. The highest BCUT2D eigenvalue weighted by Crippen LogP contribution is 2.38. The van der Waals surface area contributed by atoms with Gasteiger partial charge in [0.25, 0.3) is 0 Å². The molecule has 0 saturated heterocycles. The van der Waals surface area contributed by atoms with E-state index in [1.54, 1.807) is 0 Å². The van der Waals surface area contributed by atoms with Crippen LogP contribution in [0.25, 0.3) is 100.0 Å². The highest BCUT2D eigenvalue weighted by atomic mass is 16.3. The highest BCUT2D eigenvalue weighted by Gasteiger charge is 2.15. The third kappa shape index (κ3) is 5.85. The van der Waals surface area contributed by atoms with Crippen molar-refractivity contribution in [3.8, 4) is 67.3 Å². The van der Waals surface area contributed by atoms with Gasteiger partial charge in [0, 0.05) is 27.5 Å². The first-order valence-electron chi connectivity index (χ1n) is 17.9. The Morgan fingerprint density at radius 1 is 0.283 bits per heavy atom. The van der Waals surface area contributed by atoms with Crippen molar-refractivity contribution >= 4 is 32.7 Å². The number of hydrogen-bond acceptors (Lipinski definition) is 3. The molecule has 0 aliphatic carbocycles. The molecule has 10 rings (SSSR count). The molecule has 10 aromatic rings. The molecule has 3 heteroatoms. The van der Waals surface area contributed by atoms with E-state index >= 15 is 0 Å². The summed E-state index contributed by atoms with van der Waals surface area (Å²) in [6.45, 7) is 0. The molecule has 2 heterocycles. The van der Waals surface area contributed by atoms with Crippen LogP contribution in [0.5, 0.6) is 0 Å². The van der Waals surface area contributed by atoms with Crippen LogP contribution in [0.15, 0.2) is 199 Å². The Hall–Kier alpha value is -7.10. The van der Waals surface area contributed by atoms with Crippen LogP contribution < -0.4 is 0 Å². The normalized spacial score (nSPS) is 11.4. The Kier molecular flexibility index (Phi) is 7.47. The Bertz CT molecular complexity index is 2930. The van der Waals surface area contributed by atoms with Crippen molar-refractivity contribution in [3.05, 3.63) is 194 Å². The Labute approximate surface area is 307 Å². The van der Waals surface area contributed by atoms with Crippen molar-refractivity contribution in [1.29, 1.82) is 0 Å². The Morgan fingerprint density at radius 3 is 1.58 bits per heavy atom. The topological polar surface area (TPSA) is 38.9 Å². The first-order valence-corrected chi connectivity index (χ1v) is 17.9. The number of rotatable bonds is 6. The van der Waals surface area contributed by atoms with E-state index in [0.717, 1.165) is 77.8 Å². The number of aromatic nitrogens is 2. The predicted molar refractivity (Wildman–Crippen MR) is 219 cm³/mol. The number of para-hydroxylation sites is 1. The van der Waals surface area contributed by atoms with E-state index in [1.807, 2.05) is 18.2 Å². The molecule has 0 atom stereocenters. The molecule has 0 unspecified atom stereocenters. The number of benzene rings is 8. The minimum absolute atomic E-state index is 0.684. The maximum Gasteiger partial charge on any atom is 0.160 e. The maximum absolute atomic E-state index is 6.18. The summed E-state index contributed by atoms with van der Waals surface area (Å²) in [5.74, 6) is 0.684. The van der Waals surface area contributed by atoms with Crippen molar-refractivity contribution in [3.63, 3.8) is 0 Å². The van der Waals surface area contributed by atoms with Crippen LogP contribution in [0, 0.1) is 0 Å². The SMILES string of the molecule is c1ccc(-c2ccc(-c3nc(-c4cc(-c5ccccc5)cc(-c5ccc6oc7ccccc7c6c5)c4)cc(-c4ccc5ccccc5c4)n3)cc2)cc1. The summed E-state index contributed by atoms with van der Waals surface area (Å²) >= 11 is 0. The smallest absolute Gasteiger partial charge is 0.160 e. The van der Waals surface area contributed by atoms with E-state index in [1.165, 1.54) is 16.3 Å². The van der Waals surface area contributed by atoms with Gasteiger partial charge in [-0.3, -0.25) is 0 Å². The lowest BCUT2D eigenvalue weighted by molar-refractivity contribution is 0.669. The average Bonchev–Trinajstić information content (AvgIpc) is 3.62. The summed E-state index contributed by atoms with van der Waals surface area (Å²) in [5, 5.41) is 4.59. The zero-order valence-corrected chi connectivity index (χ0v) is 28.8. The summed E-state index contributed by atoms with van der Waals surface area (Å²) in [5.41, 5.74) is 13.4.